The van der Waals surface area contributed by atoms with Crippen molar-refractivity contribution in [1.29, 1.82) is 0 Å². The van der Waals surface area contributed by atoms with Crippen LogP contribution < -0.4 is 10.1 Å². The van der Waals surface area contributed by atoms with Crippen LogP contribution in [0.4, 0.5) is 10.1 Å². The summed E-state index contributed by atoms with van der Waals surface area (Å²) in [7, 11) is 1.65. The van der Waals surface area contributed by atoms with Gasteiger partial charge in [-0.1, -0.05) is 35.9 Å². The molecule has 0 amide bonds. The number of methoxy groups -OCH3 is 1. The number of para-hydroxylation sites is 1. The first-order valence-corrected chi connectivity index (χ1v) is 6.82. The van der Waals surface area contributed by atoms with Gasteiger partial charge in [0.1, 0.15) is 5.75 Å². The van der Waals surface area contributed by atoms with Crippen LogP contribution in [0.3, 0.4) is 0 Å². The van der Waals surface area contributed by atoms with Crippen molar-refractivity contribution in [2.75, 3.05) is 12.4 Å². The van der Waals surface area contributed by atoms with Gasteiger partial charge in [0.2, 0.25) is 0 Å². The fraction of sp³-hybridized carbons (Fsp3) is 0.250. The van der Waals surface area contributed by atoms with Crippen molar-refractivity contribution in [2.24, 2.45) is 0 Å². The third kappa shape index (κ3) is 3.42. The van der Waals surface area contributed by atoms with Crippen LogP contribution in [0.15, 0.2) is 42.5 Å². The molecule has 0 aliphatic carbocycles. The Kier molecular flexibility index (Phi) is 4.85. The van der Waals surface area contributed by atoms with Gasteiger partial charge in [-0.2, -0.15) is 0 Å². The summed E-state index contributed by atoms with van der Waals surface area (Å²) in [5.41, 5.74) is 1.50. The maximum absolute atomic E-state index is 13.8. The molecule has 0 heterocycles. The molecular weight excluding hydrogens is 277 g/mol. The van der Waals surface area contributed by atoms with Crippen molar-refractivity contribution in [1.82, 2.24) is 0 Å². The van der Waals surface area contributed by atoms with Crippen molar-refractivity contribution in [3.63, 3.8) is 0 Å². The molecule has 0 bridgehead atoms. The fourth-order valence-corrected chi connectivity index (χ4v) is 2.31. The molecule has 0 saturated carbocycles. The second-order valence-electron chi connectivity index (χ2n) is 4.66. The highest BCUT2D eigenvalue weighted by Crippen LogP contribution is 2.24. The maximum Gasteiger partial charge on any atom is 0.164 e. The molecule has 0 saturated heterocycles. The summed E-state index contributed by atoms with van der Waals surface area (Å²) in [6.45, 7) is 1.99. The zero-order chi connectivity index (χ0) is 14.5. The molecular formula is C16H17ClFNO. The van der Waals surface area contributed by atoms with E-state index in [4.69, 9.17) is 16.3 Å². The summed E-state index contributed by atoms with van der Waals surface area (Å²) in [5.74, 6) is 0.425. The standard InChI is InChI=1S/C16H17ClFNO/c1-11(10-12-6-3-4-9-15(12)20-2)19-14-8-5-7-13(17)16(14)18/h3-9,11,19H,10H2,1-2H3. The maximum atomic E-state index is 13.8. The third-order valence-corrected chi connectivity index (χ3v) is 3.36. The van der Waals surface area contributed by atoms with Crippen molar-refractivity contribution < 1.29 is 9.13 Å². The topological polar surface area (TPSA) is 21.3 Å². The summed E-state index contributed by atoms with van der Waals surface area (Å²) >= 11 is 5.77. The van der Waals surface area contributed by atoms with E-state index in [-0.39, 0.29) is 11.1 Å². The molecule has 0 radical (unpaired) electrons. The van der Waals surface area contributed by atoms with E-state index in [1.165, 1.54) is 6.07 Å². The Morgan fingerprint density at radius 1 is 1.20 bits per heavy atom. The van der Waals surface area contributed by atoms with Crippen LogP contribution in [0.25, 0.3) is 0 Å². The lowest BCUT2D eigenvalue weighted by Gasteiger charge is -2.17. The second-order valence-corrected chi connectivity index (χ2v) is 5.07. The molecule has 1 atom stereocenters. The summed E-state index contributed by atoms with van der Waals surface area (Å²) < 4.78 is 19.1. The van der Waals surface area contributed by atoms with E-state index in [2.05, 4.69) is 5.32 Å². The minimum absolute atomic E-state index is 0.0549. The van der Waals surface area contributed by atoms with Crippen molar-refractivity contribution in [3.05, 3.63) is 58.9 Å². The Morgan fingerprint density at radius 2 is 1.95 bits per heavy atom. The fourth-order valence-electron chi connectivity index (χ4n) is 2.13. The molecule has 2 nitrogen and oxygen atoms in total. The van der Waals surface area contributed by atoms with E-state index in [0.717, 1.165) is 17.7 Å². The van der Waals surface area contributed by atoms with E-state index < -0.39 is 5.82 Å². The zero-order valence-electron chi connectivity index (χ0n) is 11.5. The lowest BCUT2D eigenvalue weighted by Crippen LogP contribution is -2.19. The average molecular weight is 294 g/mol. The number of hydrogen-bond donors (Lipinski definition) is 1. The highest BCUT2D eigenvalue weighted by atomic mass is 35.5. The molecule has 2 rings (SSSR count). The quantitative estimate of drug-likeness (QED) is 0.874. The minimum Gasteiger partial charge on any atom is -0.496 e. The molecule has 2 aromatic rings. The van der Waals surface area contributed by atoms with Gasteiger partial charge < -0.3 is 10.1 Å². The average Bonchev–Trinajstić information content (AvgIpc) is 2.44. The summed E-state index contributed by atoms with van der Waals surface area (Å²) in [5, 5.41) is 3.26. The van der Waals surface area contributed by atoms with Crippen LogP contribution in [0.2, 0.25) is 5.02 Å². The van der Waals surface area contributed by atoms with Crippen LogP contribution >= 0.6 is 11.6 Å². The van der Waals surface area contributed by atoms with E-state index >= 15 is 0 Å². The van der Waals surface area contributed by atoms with E-state index in [9.17, 15) is 4.39 Å². The molecule has 1 unspecified atom stereocenters. The normalized spacial score (nSPS) is 12.0. The molecule has 0 aromatic heterocycles. The van der Waals surface area contributed by atoms with Gasteiger partial charge >= 0.3 is 0 Å². The molecule has 106 valence electrons. The number of ether oxygens (including phenoxy) is 1. The summed E-state index contributed by atoms with van der Waals surface area (Å²) in [6, 6.07) is 12.8. The molecule has 2 aromatic carbocycles. The monoisotopic (exact) mass is 293 g/mol. The molecule has 4 heteroatoms. The van der Waals surface area contributed by atoms with E-state index in [1.54, 1.807) is 19.2 Å². The first-order chi connectivity index (χ1) is 9.61. The lowest BCUT2D eigenvalue weighted by molar-refractivity contribution is 0.409. The van der Waals surface area contributed by atoms with E-state index in [1.807, 2.05) is 31.2 Å². The van der Waals surface area contributed by atoms with Gasteiger partial charge in [-0.05, 0) is 37.1 Å². The molecule has 0 aliphatic heterocycles. The first-order valence-electron chi connectivity index (χ1n) is 6.44. The van der Waals surface area contributed by atoms with Crippen LogP contribution in [-0.4, -0.2) is 13.2 Å². The number of benzene rings is 2. The van der Waals surface area contributed by atoms with Crippen LogP contribution in [0.5, 0.6) is 5.75 Å². The predicted octanol–water partition coefficient (Wildman–Crippen LogP) is 4.53. The molecule has 0 spiro atoms. The molecule has 1 N–H and O–H groups in total. The van der Waals surface area contributed by atoms with Crippen molar-refractivity contribution in [3.8, 4) is 5.75 Å². The lowest BCUT2D eigenvalue weighted by atomic mass is 10.1. The van der Waals surface area contributed by atoms with Crippen molar-refractivity contribution >= 4 is 17.3 Å². The van der Waals surface area contributed by atoms with Crippen LogP contribution in [0.1, 0.15) is 12.5 Å². The number of hydrogen-bond acceptors (Lipinski definition) is 2. The number of rotatable bonds is 5. The first kappa shape index (κ1) is 14.7. The van der Waals surface area contributed by atoms with Gasteiger partial charge in [-0.25, -0.2) is 4.39 Å². The van der Waals surface area contributed by atoms with Gasteiger partial charge in [0.25, 0.3) is 0 Å². The highest BCUT2D eigenvalue weighted by molar-refractivity contribution is 6.31. The Morgan fingerprint density at radius 3 is 2.70 bits per heavy atom. The molecule has 20 heavy (non-hydrogen) atoms. The second kappa shape index (κ2) is 6.62. The van der Waals surface area contributed by atoms with E-state index in [0.29, 0.717) is 5.69 Å². The number of halogens is 2. The van der Waals surface area contributed by atoms with Gasteiger partial charge in [-0.15, -0.1) is 0 Å². The highest BCUT2D eigenvalue weighted by Gasteiger charge is 2.11. The van der Waals surface area contributed by atoms with Crippen LogP contribution in [0, 0.1) is 5.82 Å². The largest absolute Gasteiger partial charge is 0.496 e. The van der Waals surface area contributed by atoms with Gasteiger partial charge in [0.15, 0.2) is 5.82 Å². The van der Waals surface area contributed by atoms with Crippen LogP contribution in [-0.2, 0) is 6.42 Å². The Bertz CT molecular complexity index is 588. The Balaban J connectivity index is 2.09. The van der Waals surface area contributed by atoms with Crippen molar-refractivity contribution in [2.45, 2.75) is 19.4 Å². The summed E-state index contributed by atoms with van der Waals surface area (Å²) in [4.78, 5) is 0. The molecule has 0 fully saturated rings. The minimum atomic E-state index is -0.416. The smallest absolute Gasteiger partial charge is 0.164 e. The van der Waals surface area contributed by atoms with Gasteiger partial charge in [0, 0.05) is 6.04 Å². The van der Waals surface area contributed by atoms with Gasteiger partial charge in [-0.3, -0.25) is 0 Å². The Hall–Kier alpha value is -1.74. The SMILES string of the molecule is COc1ccccc1CC(C)Nc1cccc(Cl)c1F. The summed E-state index contributed by atoms with van der Waals surface area (Å²) in [6.07, 6.45) is 0.732. The van der Waals surface area contributed by atoms with Gasteiger partial charge in [0.05, 0.1) is 17.8 Å². The number of anilines is 1. The Labute approximate surface area is 123 Å². The number of nitrogens with one attached hydrogen (secondary N) is 1. The third-order valence-electron chi connectivity index (χ3n) is 3.07. The predicted molar refractivity (Wildman–Crippen MR) is 81.2 cm³/mol. The molecule has 0 aliphatic rings. The zero-order valence-corrected chi connectivity index (χ0v) is 12.2.